The van der Waals surface area contributed by atoms with Crippen LogP contribution in [0.4, 0.5) is 0 Å². The highest BCUT2D eigenvalue weighted by atomic mass is 16.5. The van der Waals surface area contributed by atoms with Gasteiger partial charge in [-0.05, 0) is 25.7 Å². The number of ether oxygens (including phenoxy) is 3. The van der Waals surface area contributed by atoms with Crippen molar-refractivity contribution in [1.29, 1.82) is 0 Å². The minimum absolute atomic E-state index is 0.522. The van der Waals surface area contributed by atoms with Crippen LogP contribution < -0.4 is 0 Å². The Labute approximate surface area is 99.5 Å². The van der Waals surface area contributed by atoms with E-state index in [4.69, 9.17) is 14.2 Å². The van der Waals surface area contributed by atoms with Crippen molar-refractivity contribution >= 4 is 0 Å². The molecule has 96 valence electrons. The maximum absolute atomic E-state index is 5.57. The lowest BCUT2D eigenvalue weighted by Gasteiger charge is -2.25. The van der Waals surface area contributed by atoms with Crippen LogP contribution in [0.25, 0.3) is 0 Å². The lowest BCUT2D eigenvalue weighted by Crippen LogP contribution is -2.23. The molecule has 0 unspecified atom stereocenters. The molecule has 1 fully saturated rings. The van der Waals surface area contributed by atoms with Gasteiger partial charge in [-0.15, -0.1) is 0 Å². The van der Waals surface area contributed by atoms with Crippen LogP contribution in [0.5, 0.6) is 0 Å². The van der Waals surface area contributed by atoms with Gasteiger partial charge in [0.15, 0.2) is 0 Å². The Bertz CT molecular complexity index is 146. The van der Waals surface area contributed by atoms with Crippen molar-refractivity contribution in [2.45, 2.75) is 51.6 Å². The SMILES string of the molecule is CCCCCOCCOCCOC1CCC1. The molecule has 0 radical (unpaired) electrons. The largest absolute Gasteiger partial charge is 0.379 e. The summed E-state index contributed by atoms with van der Waals surface area (Å²) in [5.74, 6) is 0. The Balaban J connectivity index is 1.65. The second-order valence-corrected chi connectivity index (χ2v) is 4.36. The lowest BCUT2D eigenvalue weighted by molar-refractivity contribution is -0.0369. The van der Waals surface area contributed by atoms with Crippen LogP contribution in [0.1, 0.15) is 45.4 Å². The van der Waals surface area contributed by atoms with Crippen molar-refractivity contribution in [3.63, 3.8) is 0 Å². The Morgan fingerprint density at radius 1 is 0.875 bits per heavy atom. The molecule has 16 heavy (non-hydrogen) atoms. The predicted octanol–water partition coefficient (Wildman–Crippen LogP) is 2.78. The third-order valence-electron chi connectivity index (χ3n) is 2.90. The van der Waals surface area contributed by atoms with Gasteiger partial charge in [0.25, 0.3) is 0 Å². The molecule has 0 heterocycles. The predicted molar refractivity (Wildman–Crippen MR) is 64.8 cm³/mol. The molecule has 1 rings (SSSR count). The van der Waals surface area contributed by atoms with E-state index in [0.29, 0.717) is 25.9 Å². The molecule has 0 atom stereocenters. The molecule has 0 N–H and O–H groups in total. The Kier molecular flexibility index (Phi) is 8.77. The molecule has 0 bridgehead atoms. The number of unbranched alkanes of at least 4 members (excludes halogenated alkanes) is 2. The van der Waals surface area contributed by atoms with Gasteiger partial charge in [0.2, 0.25) is 0 Å². The van der Waals surface area contributed by atoms with Crippen molar-refractivity contribution in [1.82, 2.24) is 0 Å². The lowest BCUT2D eigenvalue weighted by atomic mass is 9.96. The molecule has 0 spiro atoms. The fourth-order valence-corrected chi connectivity index (χ4v) is 1.59. The van der Waals surface area contributed by atoms with Gasteiger partial charge in [0.05, 0.1) is 32.5 Å². The fourth-order valence-electron chi connectivity index (χ4n) is 1.59. The highest BCUT2D eigenvalue weighted by Gasteiger charge is 2.16. The molecule has 3 nitrogen and oxygen atoms in total. The van der Waals surface area contributed by atoms with Crippen LogP contribution in [0, 0.1) is 0 Å². The van der Waals surface area contributed by atoms with Crippen LogP contribution in [0.15, 0.2) is 0 Å². The van der Waals surface area contributed by atoms with Gasteiger partial charge in [0.1, 0.15) is 0 Å². The van der Waals surface area contributed by atoms with Gasteiger partial charge >= 0.3 is 0 Å². The average Bonchev–Trinajstić information content (AvgIpc) is 2.23. The summed E-state index contributed by atoms with van der Waals surface area (Å²) >= 11 is 0. The van der Waals surface area contributed by atoms with Crippen LogP contribution in [0.2, 0.25) is 0 Å². The van der Waals surface area contributed by atoms with Gasteiger partial charge in [-0.25, -0.2) is 0 Å². The third kappa shape index (κ3) is 7.20. The van der Waals surface area contributed by atoms with E-state index in [1.807, 2.05) is 0 Å². The summed E-state index contributed by atoms with van der Waals surface area (Å²) < 4.78 is 16.4. The first-order valence-corrected chi connectivity index (χ1v) is 6.70. The normalized spacial score (nSPS) is 16.3. The molecule has 0 aromatic carbocycles. The Hall–Kier alpha value is -0.120. The smallest absolute Gasteiger partial charge is 0.0704 e. The van der Waals surface area contributed by atoms with Crippen LogP contribution in [-0.4, -0.2) is 39.1 Å². The highest BCUT2D eigenvalue weighted by Crippen LogP contribution is 2.21. The summed E-state index contributed by atoms with van der Waals surface area (Å²) in [6.45, 7) is 5.92. The van der Waals surface area contributed by atoms with E-state index in [0.717, 1.165) is 13.2 Å². The van der Waals surface area contributed by atoms with Crippen molar-refractivity contribution in [2.24, 2.45) is 0 Å². The molecule has 0 aromatic heterocycles. The zero-order chi connectivity index (χ0) is 11.5. The Morgan fingerprint density at radius 2 is 1.56 bits per heavy atom. The molecular formula is C13H26O3. The number of hydrogen-bond acceptors (Lipinski definition) is 3. The van der Waals surface area contributed by atoms with Crippen molar-refractivity contribution in [2.75, 3.05) is 33.0 Å². The van der Waals surface area contributed by atoms with E-state index in [1.165, 1.54) is 38.5 Å². The molecule has 0 saturated heterocycles. The van der Waals surface area contributed by atoms with Gasteiger partial charge in [0, 0.05) is 6.61 Å². The fraction of sp³-hybridized carbons (Fsp3) is 1.00. The first kappa shape index (κ1) is 13.9. The molecule has 3 heteroatoms. The van der Waals surface area contributed by atoms with Gasteiger partial charge in [-0.1, -0.05) is 19.8 Å². The standard InChI is InChI=1S/C13H26O3/c1-2-3-4-8-14-9-10-15-11-12-16-13-6-5-7-13/h13H,2-12H2,1H3. The van der Waals surface area contributed by atoms with Crippen molar-refractivity contribution in [3.8, 4) is 0 Å². The molecule has 1 saturated carbocycles. The summed E-state index contributed by atoms with van der Waals surface area (Å²) in [5, 5.41) is 0. The zero-order valence-electron chi connectivity index (χ0n) is 10.6. The monoisotopic (exact) mass is 230 g/mol. The van der Waals surface area contributed by atoms with Crippen molar-refractivity contribution in [3.05, 3.63) is 0 Å². The zero-order valence-corrected chi connectivity index (χ0v) is 10.6. The van der Waals surface area contributed by atoms with E-state index in [-0.39, 0.29) is 0 Å². The first-order chi connectivity index (χ1) is 7.93. The molecule has 1 aliphatic rings. The summed E-state index contributed by atoms with van der Waals surface area (Å²) in [4.78, 5) is 0. The summed E-state index contributed by atoms with van der Waals surface area (Å²) in [7, 11) is 0. The van der Waals surface area contributed by atoms with Gasteiger partial charge in [-0.3, -0.25) is 0 Å². The topological polar surface area (TPSA) is 27.7 Å². The van der Waals surface area contributed by atoms with Crippen LogP contribution in [0.3, 0.4) is 0 Å². The molecule has 0 amide bonds. The van der Waals surface area contributed by atoms with Gasteiger partial charge in [-0.2, -0.15) is 0 Å². The molecule has 1 aliphatic carbocycles. The first-order valence-electron chi connectivity index (χ1n) is 6.70. The maximum atomic E-state index is 5.57. The third-order valence-corrected chi connectivity index (χ3v) is 2.90. The number of rotatable bonds is 11. The molecular weight excluding hydrogens is 204 g/mol. The second kappa shape index (κ2) is 10.1. The maximum Gasteiger partial charge on any atom is 0.0704 e. The Morgan fingerprint density at radius 3 is 2.19 bits per heavy atom. The highest BCUT2D eigenvalue weighted by molar-refractivity contribution is 4.68. The van der Waals surface area contributed by atoms with E-state index >= 15 is 0 Å². The minimum Gasteiger partial charge on any atom is -0.379 e. The van der Waals surface area contributed by atoms with Gasteiger partial charge < -0.3 is 14.2 Å². The van der Waals surface area contributed by atoms with E-state index in [1.54, 1.807) is 0 Å². The molecule has 0 aromatic rings. The summed E-state index contributed by atoms with van der Waals surface area (Å²) in [6.07, 6.45) is 8.00. The minimum atomic E-state index is 0.522. The van der Waals surface area contributed by atoms with Crippen LogP contribution in [-0.2, 0) is 14.2 Å². The number of hydrogen-bond donors (Lipinski definition) is 0. The summed E-state index contributed by atoms with van der Waals surface area (Å²) in [6, 6.07) is 0. The average molecular weight is 230 g/mol. The van der Waals surface area contributed by atoms with E-state index < -0.39 is 0 Å². The van der Waals surface area contributed by atoms with E-state index in [2.05, 4.69) is 6.92 Å². The quantitative estimate of drug-likeness (QED) is 0.511. The second-order valence-electron chi connectivity index (χ2n) is 4.36. The summed E-state index contributed by atoms with van der Waals surface area (Å²) in [5.41, 5.74) is 0. The molecule has 0 aliphatic heterocycles. The van der Waals surface area contributed by atoms with Crippen LogP contribution >= 0.6 is 0 Å². The van der Waals surface area contributed by atoms with Crippen molar-refractivity contribution < 1.29 is 14.2 Å². The van der Waals surface area contributed by atoms with E-state index in [9.17, 15) is 0 Å².